The summed E-state index contributed by atoms with van der Waals surface area (Å²) in [5, 5.41) is 16.7. The van der Waals surface area contributed by atoms with Crippen molar-refractivity contribution in [1.82, 2.24) is 73.9 Å². The van der Waals surface area contributed by atoms with Crippen LogP contribution in [0.1, 0.15) is 34.2 Å². The van der Waals surface area contributed by atoms with Gasteiger partial charge in [-0.2, -0.15) is 15.3 Å². The minimum atomic E-state index is -3.45. The molecule has 3 aliphatic heterocycles. The van der Waals surface area contributed by atoms with Crippen LogP contribution in [-0.2, 0) is 43.9 Å². The number of carbonyl (C=O) groups excluding carboxylic acids is 3. The van der Waals surface area contributed by atoms with Gasteiger partial charge >= 0.3 is 0 Å². The zero-order valence-corrected chi connectivity index (χ0v) is 55.3. The van der Waals surface area contributed by atoms with E-state index in [-0.39, 0.29) is 29.4 Å². The van der Waals surface area contributed by atoms with Crippen LogP contribution < -0.4 is 20.0 Å². The molecular formula is C66H79N19O5S2. The molecule has 26 heteroatoms. The lowest BCUT2D eigenvalue weighted by Crippen LogP contribution is -2.49. The number of aromatic nitrogens is 12. The highest BCUT2D eigenvalue weighted by Gasteiger charge is 2.28. The van der Waals surface area contributed by atoms with E-state index in [1.807, 2.05) is 148 Å². The summed E-state index contributed by atoms with van der Waals surface area (Å²) in [5.74, 6) is 0.903. The average Bonchev–Trinajstić information content (AvgIpc) is 1.10. The maximum absolute atomic E-state index is 12.8. The fourth-order valence-corrected chi connectivity index (χ4v) is 12.4. The summed E-state index contributed by atoms with van der Waals surface area (Å²) in [6.07, 6.45) is 13.6. The van der Waals surface area contributed by atoms with Crippen molar-refractivity contribution in [3.8, 4) is 33.4 Å². The second-order valence-corrected chi connectivity index (χ2v) is 25.6. The number of thioether (sulfide) groups is 1. The van der Waals surface area contributed by atoms with Gasteiger partial charge in [0.05, 0.1) is 17.1 Å². The first-order valence-electron chi connectivity index (χ1n) is 30.6. The van der Waals surface area contributed by atoms with E-state index in [1.54, 1.807) is 21.1 Å². The smallest absolute Gasteiger partial charge is 0.246 e. The first kappa shape index (κ1) is 65.4. The molecule has 3 fully saturated rings. The number of rotatable bonds is 15. The number of amides is 3. The van der Waals surface area contributed by atoms with Gasteiger partial charge in [-0.3, -0.25) is 28.4 Å². The molecule has 0 saturated carbocycles. The van der Waals surface area contributed by atoms with Gasteiger partial charge in [0.25, 0.3) is 0 Å². The molecule has 0 aliphatic carbocycles. The summed E-state index contributed by atoms with van der Waals surface area (Å²) in [6, 6.07) is 30.4. The van der Waals surface area contributed by atoms with Crippen LogP contribution >= 0.6 is 11.8 Å². The predicted molar refractivity (Wildman–Crippen MR) is 358 cm³/mol. The lowest BCUT2D eigenvalue weighted by molar-refractivity contribution is -0.133. The van der Waals surface area contributed by atoms with Gasteiger partial charge in [-0.25, -0.2) is 38.3 Å². The van der Waals surface area contributed by atoms with Gasteiger partial charge in [-0.15, -0.1) is 0 Å². The number of aryl methyl sites for hydroxylation is 6. The standard InChI is InChI=1S/C22H27N7O.C22H26N6O3S.C22H26N6OS/c1-16-12-17(2)29(26-16)15-21(30)28-10-8-27(9-11-28)20-7-5-4-6-19(20)18-13-24-22(23-3)25-14-18;1-16-12-17(2)28(25-16)15-21(29)27-10-8-26(9-11-27)20-7-5-4-6-19(20)18-13-23-22(24-14-18)32(3,30)31;1-16-12-17(2)28(25-16)15-21(29)27-10-8-26(9-11-27)20-7-5-4-6-19(20)18-13-23-22(30-3)24-14-18/h4-7,12-14H,8-11,15H2,1-3H3,(H,23,24,25);4-7,12-14H,8-11,15H2,1-3H3;4-7,12-14H,8-11,15H2,1-3H3. The van der Waals surface area contributed by atoms with Crippen LogP contribution in [0, 0.1) is 41.5 Å². The van der Waals surface area contributed by atoms with E-state index < -0.39 is 9.84 Å². The fourth-order valence-electron chi connectivity index (χ4n) is 11.6. The summed E-state index contributed by atoms with van der Waals surface area (Å²) in [5.41, 5.74) is 15.0. The van der Waals surface area contributed by atoms with Crippen molar-refractivity contribution < 1.29 is 22.8 Å². The number of para-hydroxylation sites is 3. The van der Waals surface area contributed by atoms with Crippen LogP contribution in [0.15, 0.2) is 138 Å². The third-order valence-electron chi connectivity index (χ3n) is 16.4. The maximum atomic E-state index is 12.8. The van der Waals surface area contributed by atoms with Crippen LogP contribution in [0.4, 0.5) is 23.0 Å². The second-order valence-electron chi connectivity index (χ2n) is 22.9. The molecule has 3 amide bonds. The summed E-state index contributed by atoms with van der Waals surface area (Å²) in [4.78, 5) is 76.4. The predicted octanol–water partition coefficient (Wildman–Crippen LogP) is 7.08. The first-order valence-corrected chi connectivity index (χ1v) is 33.7. The quantitative estimate of drug-likeness (QED) is 0.0795. The first-order chi connectivity index (χ1) is 44.3. The second kappa shape index (κ2) is 29.6. The van der Waals surface area contributed by atoms with E-state index in [4.69, 9.17) is 0 Å². The zero-order chi connectivity index (χ0) is 65.1. The highest BCUT2D eigenvalue weighted by Crippen LogP contribution is 2.34. The SMILES string of the molecule is CNc1ncc(-c2ccccc2N2CCN(C(=O)Cn3nc(C)cc3C)CC2)cn1.CSc1ncc(-c2ccccc2N2CCN(C(=O)Cn3nc(C)cc3C)CC2)cn1.Cc1cc(C)n(CC(=O)N2CCN(c3ccccc3-c3cnc(S(C)(=O)=O)nc3)CC2)n1. The van der Waals surface area contributed by atoms with E-state index in [2.05, 4.69) is 95.5 Å². The number of sulfone groups is 1. The van der Waals surface area contributed by atoms with E-state index in [0.717, 1.165) is 122 Å². The Morgan fingerprint density at radius 3 is 1.01 bits per heavy atom. The highest BCUT2D eigenvalue weighted by atomic mass is 32.2. The number of hydrogen-bond acceptors (Lipinski definition) is 19. The van der Waals surface area contributed by atoms with Crippen molar-refractivity contribution in [2.75, 3.05) is 118 Å². The van der Waals surface area contributed by atoms with Crippen molar-refractivity contribution in [3.05, 3.63) is 162 Å². The molecule has 9 heterocycles. The normalized spacial score (nSPS) is 14.3. The van der Waals surface area contributed by atoms with E-state index in [9.17, 15) is 22.8 Å². The van der Waals surface area contributed by atoms with E-state index >= 15 is 0 Å². The van der Waals surface area contributed by atoms with Crippen LogP contribution in [-0.4, -0.2) is 198 Å². The molecule has 3 saturated heterocycles. The van der Waals surface area contributed by atoms with Crippen LogP contribution in [0.2, 0.25) is 0 Å². The Morgan fingerprint density at radius 2 is 0.739 bits per heavy atom. The number of anilines is 4. The molecule has 0 spiro atoms. The molecule has 3 aromatic carbocycles. The molecule has 6 aromatic heterocycles. The Morgan fingerprint density at radius 1 is 0.446 bits per heavy atom. The summed E-state index contributed by atoms with van der Waals surface area (Å²) in [6.45, 7) is 21.2. The van der Waals surface area contributed by atoms with Crippen LogP contribution in [0.5, 0.6) is 0 Å². The number of piperazine rings is 3. The van der Waals surface area contributed by atoms with Crippen LogP contribution in [0.3, 0.4) is 0 Å². The molecule has 480 valence electrons. The average molecular weight is 1280 g/mol. The summed E-state index contributed by atoms with van der Waals surface area (Å²) < 4.78 is 28.6. The van der Waals surface area contributed by atoms with E-state index in [1.165, 1.54) is 24.2 Å². The summed E-state index contributed by atoms with van der Waals surface area (Å²) >= 11 is 1.53. The Kier molecular flexibility index (Phi) is 21.0. The number of hydrogen-bond donors (Lipinski definition) is 1. The molecular weight excluding hydrogens is 1200 g/mol. The number of nitrogens with one attached hydrogen (secondary N) is 1. The topological polar surface area (TPSA) is 248 Å². The highest BCUT2D eigenvalue weighted by molar-refractivity contribution is 7.98. The lowest BCUT2D eigenvalue weighted by atomic mass is 10.1. The van der Waals surface area contributed by atoms with Crippen molar-refractivity contribution in [2.24, 2.45) is 0 Å². The van der Waals surface area contributed by atoms with Gasteiger partial charge in [-0.1, -0.05) is 66.4 Å². The van der Waals surface area contributed by atoms with Crippen molar-refractivity contribution in [1.29, 1.82) is 0 Å². The van der Waals surface area contributed by atoms with Gasteiger partial charge in [-0.05, 0) is 84.2 Å². The van der Waals surface area contributed by atoms with Gasteiger partial charge < -0.3 is 34.7 Å². The Balaban J connectivity index is 0.000000151. The molecule has 0 unspecified atom stereocenters. The summed E-state index contributed by atoms with van der Waals surface area (Å²) in [7, 11) is -1.64. The van der Waals surface area contributed by atoms with Crippen molar-refractivity contribution >= 4 is 62.3 Å². The number of carbonyl (C=O) groups is 3. The van der Waals surface area contributed by atoms with Gasteiger partial charge in [0, 0.05) is 197 Å². The molecule has 0 atom stereocenters. The van der Waals surface area contributed by atoms with Gasteiger partial charge in [0.15, 0.2) is 5.16 Å². The number of nitrogens with zero attached hydrogens (tertiary/aromatic N) is 18. The molecule has 1 N–H and O–H groups in total. The van der Waals surface area contributed by atoms with Gasteiger partial charge in [0.2, 0.25) is 38.7 Å². The van der Waals surface area contributed by atoms with E-state index in [0.29, 0.717) is 71.4 Å². The van der Waals surface area contributed by atoms with Crippen molar-refractivity contribution in [2.45, 2.75) is 71.5 Å². The third-order valence-corrected chi connectivity index (χ3v) is 17.8. The molecule has 12 rings (SSSR count). The minimum Gasteiger partial charge on any atom is -0.367 e. The molecule has 92 heavy (non-hydrogen) atoms. The minimum absolute atomic E-state index is 0.0638. The Labute approximate surface area is 541 Å². The molecule has 0 radical (unpaired) electrons. The van der Waals surface area contributed by atoms with Crippen LogP contribution in [0.25, 0.3) is 33.4 Å². The lowest BCUT2D eigenvalue weighted by Gasteiger charge is -2.37. The Hall–Kier alpha value is -9.56. The molecule has 24 nitrogen and oxygen atoms in total. The third kappa shape index (κ3) is 16.1. The largest absolute Gasteiger partial charge is 0.367 e. The zero-order valence-electron chi connectivity index (χ0n) is 53.6. The maximum Gasteiger partial charge on any atom is 0.246 e. The fraction of sp³-hybridized carbons (Fsp3) is 0.364. The van der Waals surface area contributed by atoms with Crippen molar-refractivity contribution in [3.63, 3.8) is 0 Å². The molecule has 0 bridgehead atoms. The molecule has 9 aromatic rings. The number of benzene rings is 3. The van der Waals surface area contributed by atoms with Gasteiger partial charge in [0.1, 0.15) is 19.6 Å². The monoisotopic (exact) mass is 1280 g/mol. The Bertz CT molecular complexity index is 3950. The molecule has 3 aliphatic rings.